The fourth-order valence-corrected chi connectivity index (χ4v) is 3.04. The molecule has 0 saturated carbocycles. The zero-order valence-corrected chi connectivity index (χ0v) is 11.2. The number of rotatable bonds is 3. The molecule has 1 fully saturated rings. The molecule has 6 heteroatoms. The molecule has 0 radical (unpaired) electrons. The van der Waals surface area contributed by atoms with Crippen LogP contribution in [0.3, 0.4) is 0 Å². The van der Waals surface area contributed by atoms with E-state index >= 15 is 0 Å². The number of fused-ring (bicyclic) bond motifs is 1. The Bertz CT molecular complexity index is 619. The number of benzene rings is 1. The second-order valence-corrected chi connectivity index (χ2v) is 5.62. The van der Waals surface area contributed by atoms with Crippen molar-refractivity contribution in [1.82, 2.24) is 15.2 Å². The van der Waals surface area contributed by atoms with E-state index in [2.05, 4.69) is 10.3 Å². The summed E-state index contributed by atoms with van der Waals surface area (Å²) in [7, 11) is 1.52. The van der Waals surface area contributed by atoms with Crippen LogP contribution < -0.4 is 5.32 Å². The fraction of sp³-hybridized carbons (Fsp3) is 0.308. The van der Waals surface area contributed by atoms with Crippen LogP contribution in [0.4, 0.5) is 0 Å². The molecule has 1 aliphatic rings. The lowest BCUT2D eigenvalue weighted by atomic mass is 10.2. The molecule has 1 unspecified atom stereocenters. The van der Waals surface area contributed by atoms with Gasteiger partial charge in [-0.15, -0.1) is 11.3 Å². The highest BCUT2D eigenvalue weighted by atomic mass is 32.1. The standard InChI is InChI=1S/C13H13N3O2S/c1-16-12(17)6-9(13(16)18)14-7-11-15-8-4-2-3-5-10(8)19-11/h2-5,9,14H,6-7H2,1H3. The number of nitrogens with one attached hydrogen (secondary N) is 1. The summed E-state index contributed by atoms with van der Waals surface area (Å²) in [5.41, 5.74) is 0.968. The maximum Gasteiger partial charge on any atom is 0.246 e. The van der Waals surface area contributed by atoms with Crippen molar-refractivity contribution >= 4 is 33.4 Å². The van der Waals surface area contributed by atoms with Gasteiger partial charge in [-0.3, -0.25) is 19.8 Å². The van der Waals surface area contributed by atoms with Crippen LogP contribution >= 0.6 is 11.3 Å². The van der Waals surface area contributed by atoms with Crippen molar-refractivity contribution in [1.29, 1.82) is 0 Å². The van der Waals surface area contributed by atoms with Gasteiger partial charge in [0, 0.05) is 13.6 Å². The molecule has 19 heavy (non-hydrogen) atoms. The van der Waals surface area contributed by atoms with Crippen molar-refractivity contribution in [2.24, 2.45) is 0 Å². The van der Waals surface area contributed by atoms with E-state index in [1.165, 1.54) is 11.9 Å². The van der Waals surface area contributed by atoms with E-state index in [9.17, 15) is 9.59 Å². The lowest BCUT2D eigenvalue weighted by Crippen LogP contribution is -2.36. The topological polar surface area (TPSA) is 62.3 Å². The minimum absolute atomic E-state index is 0.133. The second kappa shape index (κ2) is 4.71. The van der Waals surface area contributed by atoms with Crippen LogP contribution in [0, 0.1) is 0 Å². The molecule has 1 aromatic carbocycles. The summed E-state index contributed by atoms with van der Waals surface area (Å²) in [6.45, 7) is 0.511. The van der Waals surface area contributed by atoms with Crippen LogP contribution in [0.25, 0.3) is 10.2 Å². The first-order valence-electron chi connectivity index (χ1n) is 6.03. The summed E-state index contributed by atoms with van der Waals surface area (Å²) in [6, 6.07) is 7.51. The van der Waals surface area contributed by atoms with Crippen molar-refractivity contribution in [2.45, 2.75) is 19.0 Å². The number of likely N-dealkylation sites (tertiary alicyclic amines) is 1. The van der Waals surface area contributed by atoms with Gasteiger partial charge in [0.1, 0.15) is 5.01 Å². The fourth-order valence-electron chi connectivity index (χ4n) is 2.12. The SMILES string of the molecule is CN1C(=O)CC(NCc2nc3ccccc3s2)C1=O. The van der Waals surface area contributed by atoms with Crippen LogP contribution in [0.15, 0.2) is 24.3 Å². The molecule has 0 spiro atoms. The predicted octanol–water partition coefficient (Wildman–Crippen LogP) is 1.14. The molecule has 2 aromatic rings. The first-order valence-corrected chi connectivity index (χ1v) is 6.85. The molecule has 3 rings (SSSR count). The third-order valence-electron chi connectivity index (χ3n) is 3.22. The molecule has 1 aliphatic heterocycles. The third-order valence-corrected chi connectivity index (χ3v) is 4.26. The highest BCUT2D eigenvalue weighted by Gasteiger charge is 2.35. The van der Waals surface area contributed by atoms with E-state index in [0.717, 1.165) is 15.2 Å². The van der Waals surface area contributed by atoms with E-state index in [1.54, 1.807) is 11.3 Å². The Morgan fingerprint density at radius 3 is 2.89 bits per heavy atom. The van der Waals surface area contributed by atoms with Crippen LogP contribution in [0.2, 0.25) is 0 Å². The number of carbonyl (C=O) groups excluding carboxylic acids is 2. The summed E-state index contributed by atoms with van der Waals surface area (Å²) in [6.07, 6.45) is 0.236. The van der Waals surface area contributed by atoms with Gasteiger partial charge in [0.15, 0.2) is 0 Å². The maximum atomic E-state index is 11.7. The van der Waals surface area contributed by atoms with E-state index in [0.29, 0.717) is 6.54 Å². The Kier molecular flexibility index (Phi) is 3.04. The average molecular weight is 275 g/mol. The Hall–Kier alpha value is -1.79. The molecule has 98 valence electrons. The molecular weight excluding hydrogens is 262 g/mol. The monoisotopic (exact) mass is 275 g/mol. The Morgan fingerprint density at radius 1 is 1.42 bits per heavy atom. The summed E-state index contributed by atoms with van der Waals surface area (Å²) < 4.78 is 1.13. The predicted molar refractivity (Wildman–Crippen MR) is 72.6 cm³/mol. The number of likely N-dealkylation sites (N-methyl/N-ethyl adjacent to an activating group) is 1. The Morgan fingerprint density at radius 2 is 2.21 bits per heavy atom. The van der Waals surface area contributed by atoms with Crippen LogP contribution in [0.1, 0.15) is 11.4 Å². The normalized spacial score (nSPS) is 19.6. The van der Waals surface area contributed by atoms with Gasteiger partial charge < -0.3 is 0 Å². The van der Waals surface area contributed by atoms with Gasteiger partial charge in [-0.25, -0.2) is 4.98 Å². The van der Waals surface area contributed by atoms with E-state index in [1.807, 2.05) is 24.3 Å². The van der Waals surface area contributed by atoms with Crippen molar-refractivity contribution in [3.63, 3.8) is 0 Å². The number of amides is 2. The maximum absolute atomic E-state index is 11.7. The minimum atomic E-state index is -0.412. The third kappa shape index (κ3) is 2.24. The summed E-state index contributed by atoms with van der Waals surface area (Å²) in [5, 5.41) is 4.03. The molecule has 1 saturated heterocycles. The zero-order chi connectivity index (χ0) is 13.4. The van der Waals surface area contributed by atoms with Gasteiger partial charge >= 0.3 is 0 Å². The Labute approximate surface area is 114 Å². The highest BCUT2D eigenvalue weighted by Crippen LogP contribution is 2.21. The van der Waals surface area contributed by atoms with Gasteiger partial charge in [0.25, 0.3) is 0 Å². The van der Waals surface area contributed by atoms with Crippen LogP contribution in [0.5, 0.6) is 0 Å². The summed E-state index contributed by atoms with van der Waals surface area (Å²) in [4.78, 5) is 28.8. The molecule has 2 heterocycles. The molecule has 0 bridgehead atoms. The molecule has 1 atom stereocenters. The quantitative estimate of drug-likeness (QED) is 0.853. The number of hydrogen-bond donors (Lipinski definition) is 1. The van der Waals surface area contributed by atoms with Crippen molar-refractivity contribution in [3.05, 3.63) is 29.3 Å². The summed E-state index contributed by atoms with van der Waals surface area (Å²) >= 11 is 1.60. The number of hydrogen-bond acceptors (Lipinski definition) is 5. The number of thiazole rings is 1. The Balaban J connectivity index is 1.69. The number of aromatic nitrogens is 1. The zero-order valence-electron chi connectivity index (χ0n) is 10.4. The molecular formula is C13H13N3O2S. The van der Waals surface area contributed by atoms with Gasteiger partial charge in [0.2, 0.25) is 11.8 Å². The number of imide groups is 1. The van der Waals surface area contributed by atoms with Crippen LogP contribution in [-0.4, -0.2) is 34.8 Å². The minimum Gasteiger partial charge on any atom is -0.299 e. The second-order valence-electron chi connectivity index (χ2n) is 4.50. The average Bonchev–Trinajstić information content (AvgIpc) is 2.93. The molecule has 1 N–H and O–H groups in total. The first kappa shape index (κ1) is 12.3. The smallest absolute Gasteiger partial charge is 0.246 e. The van der Waals surface area contributed by atoms with E-state index in [-0.39, 0.29) is 18.2 Å². The van der Waals surface area contributed by atoms with Crippen molar-refractivity contribution in [2.75, 3.05) is 7.05 Å². The molecule has 5 nitrogen and oxygen atoms in total. The lowest BCUT2D eigenvalue weighted by Gasteiger charge is -2.09. The van der Waals surface area contributed by atoms with Crippen LogP contribution in [-0.2, 0) is 16.1 Å². The molecule has 0 aliphatic carbocycles. The number of nitrogens with zero attached hydrogens (tertiary/aromatic N) is 2. The van der Waals surface area contributed by atoms with E-state index < -0.39 is 6.04 Å². The van der Waals surface area contributed by atoms with Gasteiger partial charge in [-0.05, 0) is 12.1 Å². The molecule has 2 amide bonds. The van der Waals surface area contributed by atoms with Gasteiger partial charge in [-0.1, -0.05) is 12.1 Å². The molecule has 1 aromatic heterocycles. The summed E-state index contributed by atoms with van der Waals surface area (Å²) in [5.74, 6) is -0.294. The van der Waals surface area contributed by atoms with E-state index in [4.69, 9.17) is 0 Å². The highest BCUT2D eigenvalue weighted by molar-refractivity contribution is 7.18. The van der Waals surface area contributed by atoms with Crippen molar-refractivity contribution in [3.8, 4) is 0 Å². The number of para-hydroxylation sites is 1. The largest absolute Gasteiger partial charge is 0.299 e. The first-order chi connectivity index (χ1) is 9.15. The lowest BCUT2D eigenvalue weighted by molar-refractivity contribution is -0.137. The van der Waals surface area contributed by atoms with Gasteiger partial charge in [-0.2, -0.15) is 0 Å². The number of carbonyl (C=O) groups is 2. The van der Waals surface area contributed by atoms with Gasteiger partial charge in [0.05, 0.1) is 22.7 Å². The van der Waals surface area contributed by atoms with Crippen molar-refractivity contribution < 1.29 is 9.59 Å².